The monoisotopic (exact) mass is 524 g/mol. The normalized spacial score (nSPS) is 10.5. The third-order valence-corrected chi connectivity index (χ3v) is 6.96. The molecule has 4 aromatic rings. The topological polar surface area (TPSA) is 66.0 Å². The predicted octanol–water partition coefficient (Wildman–Crippen LogP) is 7.31. The van der Waals surface area contributed by atoms with E-state index in [1.807, 2.05) is 85.1 Å². The number of hydrogen-bond donors (Lipinski definition) is 3. The number of carbonyl (C=O) groups is 1. The molecule has 0 saturated carbocycles. The van der Waals surface area contributed by atoms with Crippen LogP contribution in [-0.2, 0) is 4.79 Å². The van der Waals surface area contributed by atoms with Crippen LogP contribution in [0, 0.1) is 6.92 Å². The van der Waals surface area contributed by atoms with Crippen LogP contribution in [0.15, 0.2) is 83.1 Å². The van der Waals surface area contributed by atoms with Gasteiger partial charge in [-0.05, 0) is 55.5 Å². The Bertz CT molecular complexity index is 1310. The van der Waals surface area contributed by atoms with E-state index in [-0.39, 0.29) is 11.7 Å². The highest BCUT2D eigenvalue weighted by Crippen LogP contribution is 2.30. The summed E-state index contributed by atoms with van der Waals surface area (Å²) in [7, 11) is 0. The van der Waals surface area contributed by atoms with Crippen molar-refractivity contribution in [3.05, 3.63) is 88.8 Å². The fourth-order valence-electron chi connectivity index (χ4n) is 3.02. The standard InChI is InChI=1S/C25H21ClN4OS3/c1-16-9-11-17(12-10-16)27-24(32)28-18-5-4-6-19(13-18)33-15-23(31)30-25-29-22(14-34-25)20-7-2-3-8-21(20)26/h2-14H,15H2,1H3,(H2,27,28,32)(H,29,30,31). The molecule has 0 atom stereocenters. The molecule has 1 aromatic heterocycles. The van der Waals surface area contributed by atoms with Gasteiger partial charge < -0.3 is 16.0 Å². The first-order chi connectivity index (χ1) is 16.5. The molecule has 0 aliphatic rings. The zero-order valence-electron chi connectivity index (χ0n) is 18.2. The summed E-state index contributed by atoms with van der Waals surface area (Å²) >= 11 is 14.5. The number of amides is 1. The molecule has 0 aliphatic heterocycles. The van der Waals surface area contributed by atoms with E-state index in [0.717, 1.165) is 27.5 Å². The lowest BCUT2D eigenvalue weighted by atomic mass is 10.2. The maximum absolute atomic E-state index is 12.5. The lowest BCUT2D eigenvalue weighted by Gasteiger charge is -2.11. The van der Waals surface area contributed by atoms with Crippen molar-refractivity contribution in [3.8, 4) is 11.3 Å². The summed E-state index contributed by atoms with van der Waals surface area (Å²) in [5.74, 6) is 0.135. The predicted molar refractivity (Wildman–Crippen MR) is 149 cm³/mol. The second kappa shape index (κ2) is 11.5. The van der Waals surface area contributed by atoms with E-state index >= 15 is 0 Å². The first-order valence-corrected chi connectivity index (χ1v) is 13.0. The Morgan fingerprint density at radius 2 is 1.76 bits per heavy atom. The highest BCUT2D eigenvalue weighted by Gasteiger charge is 2.11. The molecule has 0 unspecified atom stereocenters. The van der Waals surface area contributed by atoms with Crippen LogP contribution in [0.3, 0.4) is 0 Å². The largest absolute Gasteiger partial charge is 0.332 e. The Balaban J connectivity index is 1.29. The average molecular weight is 525 g/mol. The van der Waals surface area contributed by atoms with Crippen molar-refractivity contribution in [3.63, 3.8) is 0 Å². The molecular formula is C25H21ClN4OS3. The lowest BCUT2D eigenvalue weighted by Crippen LogP contribution is -2.19. The van der Waals surface area contributed by atoms with Crippen LogP contribution in [0.4, 0.5) is 16.5 Å². The van der Waals surface area contributed by atoms with Gasteiger partial charge in [0.1, 0.15) is 0 Å². The quantitative estimate of drug-likeness (QED) is 0.174. The van der Waals surface area contributed by atoms with Gasteiger partial charge in [-0.1, -0.05) is 53.6 Å². The molecule has 4 rings (SSSR count). The fraction of sp³-hybridized carbons (Fsp3) is 0.0800. The number of aryl methyl sites for hydroxylation is 1. The maximum atomic E-state index is 12.5. The Kier molecular flexibility index (Phi) is 8.18. The maximum Gasteiger partial charge on any atom is 0.236 e. The molecule has 1 amide bonds. The van der Waals surface area contributed by atoms with Crippen LogP contribution < -0.4 is 16.0 Å². The van der Waals surface area contributed by atoms with E-state index in [9.17, 15) is 4.79 Å². The van der Waals surface area contributed by atoms with E-state index in [0.29, 0.717) is 15.3 Å². The van der Waals surface area contributed by atoms with Gasteiger partial charge in [0.25, 0.3) is 0 Å². The van der Waals surface area contributed by atoms with Crippen molar-refractivity contribution < 1.29 is 4.79 Å². The summed E-state index contributed by atoms with van der Waals surface area (Å²) in [5, 5.41) is 12.8. The van der Waals surface area contributed by atoms with E-state index < -0.39 is 0 Å². The van der Waals surface area contributed by atoms with E-state index in [2.05, 4.69) is 20.9 Å². The summed E-state index contributed by atoms with van der Waals surface area (Å²) in [6, 6.07) is 23.3. The molecule has 3 aromatic carbocycles. The SMILES string of the molecule is Cc1ccc(NC(=S)Nc2cccc(SCC(=O)Nc3nc(-c4ccccc4Cl)cs3)c2)cc1. The number of carbonyl (C=O) groups excluding carboxylic acids is 1. The molecule has 0 fully saturated rings. The number of thioether (sulfide) groups is 1. The van der Waals surface area contributed by atoms with Gasteiger partial charge in [0.05, 0.1) is 11.4 Å². The molecule has 3 N–H and O–H groups in total. The number of aromatic nitrogens is 1. The van der Waals surface area contributed by atoms with Gasteiger partial charge in [-0.2, -0.15) is 0 Å². The van der Waals surface area contributed by atoms with Gasteiger partial charge in [-0.3, -0.25) is 4.79 Å². The number of hydrogen-bond acceptors (Lipinski definition) is 5. The van der Waals surface area contributed by atoms with Crippen molar-refractivity contribution in [2.24, 2.45) is 0 Å². The van der Waals surface area contributed by atoms with E-state index in [1.54, 1.807) is 0 Å². The fourth-order valence-corrected chi connectivity index (χ4v) is 4.97. The van der Waals surface area contributed by atoms with Crippen LogP contribution in [0.5, 0.6) is 0 Å². The third-order valence-electron chi connectivity index (χ3n) is 4.67. The first-order valence-electron chi connectivity index (χ1n) is 10.3. The summed E-state index contributed by atoms with van der Waals surface area (Å²) in [4.78, 5) is 17.9. The zero-order chi connectivity index (χ0) is 23.9. The molecule has 0 aliphatic carbocycles. The molecule has 5 nitrogen and oxygen atoms in total. The van der Waals surface area contributed by atoms with Gasteiger partial charge in [0, 0.05) is 32.2 Å². The van der Waals surface area contributed by atoms with Crippen LogP contribution in [0.2, 0.25) is 5.02 Å². The van der Waals surface area contributed by atoms with Crippen molar-refractivity contribution in [1.29, 1.82) is 0 Å². The summed E-state index contributed by atoms with van der Waals surface area (Å²) in [6.07, 6.45) is 0. The van der Waals surface area contributed by atoms with Crippen molar-refractivity contribution in [1.82, 2.24) is 4.98 Å². The molecule has 0 spiro atoms. The zero-order valence-corrected chi connectivity index (χ0v) is 21.4. The molecule has 0 bridgehead atoms. The Hall–Kier alpha value is -2.91. The van der Waals surface area contributed by atoms with Crippen LogP contribution in [0.25, 0.3) is 11.3 Å². The van der Waals surface area contributed by atoms with Gasteiger partial charge in [0.2, 0.25) is 5.91 Å². The number of halogens is 1. The Morgan fingerprint density at radius 3 is 2.56 bits per heavy atom. The van der Waals surface area contributed by atoms with Crippen molar-refractivity contribution >= 4 is 74.4 Å². The highest BCUT2D eigenvalue weighted by atomic mass is 35.5. The number of thiazole rings is 1. The van der Waals surface area contributed by atoms with Crippen LogP contribution in [-0.4, -0.2) is 21.8 Å². The van der Waals surface area contributed by atoms with Gasteiger partial charge in [-0.15, -0.1) is 23.1 Å². The number of anilines is 3. The number of rotatable bonds is 7. The highest BCUT2D eigenvalue weighted by molar-refractivity contribution is 8.00. The summed E-state index contributed by atoms with van der Waals surface area (Å²) < 4.78 is 0. The minimum absolute atomic E-state index is 0.125. The Labute approximate surface area is 217 Å². The van der Waals surface area contributed by atoms with E-state index in [4.69, 9.17) is 23.8 Å². The second-order valence-electron chi connectivity index (χ2n) is 7.33. The van der Waals surface area contributed by atoms with Gasteiger partial charge >= 0.3 is 0 Å². The Morgan fingerprint density at radius 1 is 1.00 bits per heavy atom. The molecule has 34 heavy (non-hydrogen) atoms. The summed E-state index contributed by atoms with van der Waals surface area (Å²) in [6.45, 7) is 2.04. The smallest absolute Gasteiger partial charge is 0.236 e. The molecule has 172 valence electrons. The average Bonchev–Trinajstić information content (AvgIpc) is 3.28. The number of benzene rings is 3. The van der Waals surface area contributed by atoms with Gasteiger partial charge in [0.15, 0.2) is 10.2 Å². The minimum atomic E-state index is -0.125. The molecular weight excluding hydrogens is 504 g/mol. The number of nitrogens with one attached hydrogen (secondary N) is 3. The van der Waals surface area contributed by atoms with Crippen LogP contribution >= 0.6 is 46.9 Å². The van der Waals surface area contributed by atoms with Crippen molar-refractivity contribution in [2.45, 2.75) is 11.8 Å². The molecule has 1 heterocycles. The molecule has 0 saturated heterocycles. The van der Waals surface area contributed by atoms with Gasteiger partial charge in [-0.25, -0.2) is 4.98 Å². The molecule has 9 heteroatoms. The first kappa shape index (κ1) is 24.2. The minimum Gasteiger partial charge on any atom is -0.332 e. The van der Waals surface area contributed by atoms with E-state index in [1.165, 1.54) is 28.7 Å². The second-order valence-corrected chi connectivity index (χ2v) is 10.0. The number of nitrogens with zero attached hydrogens (tertiary/aromatic N) is 1. The summed E-state index contributed by atoms with van der Waals surface area (Å²) in [5.41, 5.74) is 4.54. The third kappa shape index (κ3) is 6.80. The van der Waals surface area contributed by atoms with Crippen molar-refractivity contribution in [2.75, 3.05) is 21.7 Å². The number of thiocarbonyl (C=S) groups is 1. The lowest BCUT2D eigenvalue weighted by molar-refractivity contribution is -0.113. The molecule has 0 radical (unpaired) electrons. The van der Waals surface area contributed by atoms with Crippen LogP contribution in [0.1, 0.15) is 5.56 Å².